The molecule has 2 heteroatoms. The van der Waals surface area contributed by atoms with Crippen LogP contribution in [-0.2, 0) is 5.41 Å². The number of aryl methyl sites for hydroxylation is 3. The maximum atomic E-state index is 2.84. The summed E-state index contributed by atoms with van der Waals surface area (Å²) in [7, 11) is 0. The molecule has 2 fully saturated rings. The van der Waals surface area contributed by atoms with Gasteiger partial charge in [-0.25, -0.2) is 0 Å². The van der Waals surface area contributed by atoms with Gasteiger partial charge < -0.3 is 9.80 Å². The van der Waals surface area contributed by atoms with Crippen LogP contribution in [0.3, 0.4) is 0 Å². The van der Waals surface area contributed by atoms with E-state index in [1.54, 1.807) is 5.56 Å². The highest BCUT2D eigenvalue weighted by Crippen LogP contribution is 2.61. The van der Waals surface area contributed by atoms with Gasteiger partial charge in [-0.1, -0.05) is 80.8 Å². The zero-order chi connectivity index (χ0) is 24.3. The molecule has 0 bridgehead atoms. The van der Waals surface area contributed by atoms with Crippen LogP contribution in [-0.4, -0.2) is 12.1 Å². The zero-order valence-electron chi connectivity index (χ0n) is 22.1. The lowest BCUT2D eigenvalue weighted by Gasteiger charge is -2.43. The van der Waals surface area contributed by atoms with Crippen molar-refractivity contribution in [3.8, 4) is 0 Å². The zero-order valence-corrected chi connectivity index (χ0v) is 22.1. The van der Waals surface area contributed by atoms with Crippen molar-refractivity contribution in [3.05, 3.63) is 94.5 Å². The predicted octanol–water partition coefficient (Wildman–Crippen LogP) is 8.25. The maximum absolute atomic E-state index is 2.84. The smallest absolute Gasteiger partial charge is 0.129 e. The number of nitrogens with zero attached hydrogens (tertiary/aromatic N) is 2. The summed E-state index contributed by atoms with van der Waals surface area (Å²) in [5.74, 6) is 0.741. The minimum Gasteiger partial charge on any atom is -0.342 e. The molecule has 2 nitrogen and oxygen atoms in total. The average Bonchev–Trinajstić information content (AvgIpc) is 3.31. The SMILES string of the molecule is Cc1ccccc1N1C(c2c(C)cccc2C)N2c3ccccc3C(C)(C3CCCCC3)C2[C@@H]1C. The Morgan fingerprint density at radius 3 is 1.97 bits per heavy atom. The van der Waals surface area contributed by atoms with Crippen LogP contribution < -0.4 is 9.80 Å². The average molecular weight is 465 g/mol. The fourth-order valence-electron chi connectivity index (χ4n) is 8.16. The first-order valence-electron chi connectivity index (χ1n) is 13.7. The predicted molar refractivity (Wildman–Crippen MR) is 148 cm³/mol. The van der Waals surface area contributed by atoms with E-state index < -0.39 is 0 Å². The quantitative estimate of drug-likeness (QED) is 0.385. The summed E-state index contributed by atoms with van der Waals surface area (Å²) in [6, 6.07) is 26.1. The molecule has 2 aliphatic heterocycles. The lowest BCUT2D eigenvalue weighted by molar-refractivity contribution is 0.190. The van der Waals surface area contributed by atoms with E-state index in [4.69, 9.17) is 0 Å². The summed E-state index contributed by atoms with van der Waals surface area (Å²) < 4.78 is 0. The van der Waals surface area contributed by atoms with Crippen LogP contribution in [0.15, 0.2) is 66.7 Å². The Labute approximate surface area is 212 Å². The van der Waals surface area contributed by atoms with Gasteiger partial charge in [0, 0.05) is 28.4 Å². The summed E-state index contributed by atoms with van der Waals surface area (Å²) in [4.78, 5) is 5.61. The molecule has 1 aliphatic carbocycles. The van der Waals surface area contributed by atoms with Crippen LogP contribution in [0.4, 0.5) is 11.4 Å². The van der Waals surface area contributed by atoms with Crippen molar-refractivity contribution in [3.63, 3.8) is 0 Å². The van der Waals surface area contributed by atoms with Crippen molar-refractivity contribution in [1.29, 1.82) is 0 Å². The second-order valence-corrected chi connectivity index (χ2v) is 11.6. The third-order valence-corrected chi connectivity index (χ3v) is 9.75. The van der Waals surface area contributed by atoms with Crippen molar-refractivity contribution >= 4 is 11.4 Å². The van der Waals surface area contributed by atoms with Gasteiger partial charge in [0.2, 0.25) is 0 Å². The molecule has 3 aliphatic rings. The van der Waals surface area contributed by atoms with Crippen LogP contribution in [0, 0.1) is 26.7 Å². The molecule has 35 heavy (non-hydrogen) atoms. The third kappa shape index (κ3) is 3.21. The molecule has 2 heterocycles. The Morgan fingerprint density at radius 1 is 0.686 bits per heavy atom. The molecular weight excluding hydrogens is 424 g/mol. The standard InChI is InChI=1S/C33H40N2/c1-22-14-9-11-20-28(22)34-25(4)31-33(5,26-17-7-6-8-18-26)27-19-10-12-21-29(27)35(31)32(34)30-23(2)15-13-16-24(30)3/h9-16,19-21,25-26,31-32H,6-8,17-18H2,1-5H3/t25-,31?,32?,33?/m0/s1. The summed E-state index contributed by atoms with van der Waals surface area (Å²) in [5.41, 5.74) is 10.2. The van der Waals surface area contributed by atoms with Gasteiger partial charge in [0.25, 0.3) is 0 Å². The third-order valence-electron chi connectivity index (χ3n) is 9.75. The minimum absolute atomic E-state index is 0.155. The summed E-state index contributed by atoms with van der Waals surface area (Å²) in [6.45, 7) is 12.0. The number of para-hydroxylation sites is 2. The van der Waals surface area contributed by atoms with Crippen molar-refractivity contribution in [1.82, 2.24) is 0 Å². The first kappa shape index (κ1) is 22.7. The van der Waals surface area contributed by atoms with E-state index >= 15 is 0 Å². The van der Waals surface area contributed by atoms with Gasteiger partial charge in [-0.2, -0.15) is 0 Å². The molecule has 0 amide bonds. The molecule has 0 N–H and O–H groups in total. The van der Waals surface area contributed by atoms with Gasteiger partial charge in [0.05, 0.1) is 6.04 Å². The van der Waals surface area contributed by atoms with Crippen molar-refractivity contribution < 1.29 is 0 Å². The van der Waals surface area contributed by atoms with Crippen LogP contribution in [0.2, 0.25) is 0 Å². The summed E-state index contributed by atoms with van der Waals surface area (Å²) in [6.07, 6.45) is 7.08. The molecule has 3 aromatic carbocycles. The number of anilines is 2. The van der Waals surface area contributed by atoms with Crippen LogP contribution in [0.1, 0.15) is 79.9 Å². The lowest BCUT2D eigenvalue weighted by Crippen LogP contribution is -2.50. The summed E-state index contributed by atoms with van der Waals surface area (Å²) >= 11 is 0. The highest BCUT2D eigenvalue weighted by atomic mass is 15.5. The Hall–Kier alpha value is -2.74. The van der Waals surface area contributed by atoms with Gasteiger partial charge in [-0.15, -0.1) is 0 Å². The molecule has 182 valence electrons. The second-order valence-electron chi connectivity index (χ2n) is 11.6. The van der Waals surface area contributed by atoms with Crippen LogP contribution in [0.5, 0.6) is 0 Å². The first-order chi connectivity index (χ1) is 16.9. The first-order valence-corrected chi connectivity index (χ1v) is 13.7. The Kier molecular flexibility index (Phi) is 5.47. The van der Waals surface area contributed by atoms with Gasteiger partial charge >= 0.3 is 0 Å². The van der Waals surface area contributed by atoms with Crippen LogP contribution in [0.25, 0.3) is 0 Å². The van der Waals surface area contributed by atoms with Gasteiger partial charge in [-0.3, -0.25) is 0 Å². The molecule has 1 saturated carbocycles. The molecule has 4 atom stereocenters. The fraction of sp³-hybridized carbons (Fsp3) is 0.455. The number of hydrogen-bond donors (Lipinski definition) is 0. The fourth-order valence-corrected chi connectivity index (χ4v) is 8.16. The molecule has 6 rings (SSSR count). The Morgan fingerprint density at radius 2 is 1.29 bits per heavy atom. The van der Waals surface area contributed by atoms with E-state index in [0.29, 0.717) is 12.1 Å². The van der Waals surface area contributed by atoms with Crippen molar-refractivity contribution in [2.45, 2.75) is 90.4 Å². The minimum atomic E-state index is 0.155. The molecule has 0 radical (unpaired) electrons. The van der Waals surface area contributed by atoms with E-state index in [9.17, 15) is 0 Å². The summed E-state index contributed by atoms with van der Waals surface area (Å²) in [5, 5.41) is 0. The Bertz CT molecular complexity index is 1220. The number of rotatable bonds is 3. The monoisotopic (exact) mass is 464 g/mol. The number of hydrogen-bond acceptors (Lipinski definition) is 2. The second kappa shape index (κ2) is 8.43. The molecule has 0 aromatic heterocycles. The Balaban J connectivity index is 1.61. The van der Waals surface area contributed by atoms with E-state index in [1.165, 1.54) is 65.7 Å². The molecular formula is C33H40N2. The van der Waals surface area contributed by atoms with Gasteiger partial charge in [0.1, 0.15) is 6.17 Å². The van der Waals surface area contributed by atoms with Crippen molar-refractivity contribution in [2.24, 2.45) is 5.92 Å². The molecule has 3 unspecified atom stereocenters. The highest BCUT2D eigenvalue weighted by Gasteiger charge is 2.61. The van der Waals surface area contributed by atoms with Crippen molar-refractivity contribution in [2.75, 3.05) is 9.80 Å². The molecule has 0 spiro atoms. The lowest BCUT2D eigenvalue weighted by atomic mass is 9.62. The number of fused-ring (bicyclic) bond motifs is 3. The van der Waals surface area contributed by atoms with E-state index in [-0.39, 0.29) is 11.6 Å². The van der Waals surface area contributed by atoms with E-state index in [1.807, 2.05) is 0 Å². The highest BCUT2D eigenvalue weighted by molar-refractivity contribution is 5.73. The largest absolute Gasteiger partial charge is 0.342 e. The molecule has 3 aromatic rings. The van der Waals surface area contributed by atoms with Gasteiger partial charge in [-0.05, 0) is 80.8 Å². The van der Waals surface area contributed by atoms with Crippen LogP contribution >= 0.6 is 0 Å². The number of benzene rings is 3. The maximum Gasteiger partial charge on any atom is 0.129 e. The molecule has 1 saturated heterocycles. The van der Waals surface area contributed by atoms with E-state index in [0.717, 1.165) is 5.92 Å². The van der Waals surface area contributed by atoms with E-state index in [2.05, 4.69) is 111 Å². The van der Waals surface area contributed by atoms with Gasteiger partial charge in [0.15, 0.2) is 0 Å². The topological polar surface area (TPSA) is 6.48 Å². The normalized spacial score (nSPS) is 28.3.